The lowest BCUT2D eigenvalue weighted by Gasteiger charge is -2.08. The Morgan fingerprint density at radius 1 is 1.21 bits per heavy atom. The second-order valence-electron chi connectivity index (χ2n) is 4.49. The number of oxime groups is 1. The molecule has 0 aromatic heterocycles. The molecule has 0 aliphatic carbocycles. The first-order valence-electron chi connectivity index (χ1n) is 6.77. The molecule has 0 unspecified atom stereocenters. The maximum atomic E-state index is 11.8. The Labute approximate surface area is 142 Å². The molecule has 24 heavy (non-hydrogen) atoms. The number of esters is 1. The average Bonchev–Trinajstić information content (AvgIpc) is 2.60. The van der Waals surface area contributed by atoms with Gasteiger partial charge in [-0.1, -0.05) is 35.1 Å². The third-order valence-corrected chi connectivity index (χ3v) is 4.14. The molecule has 0 heterocycles. The van der Waals surface area contributed by atoms with Crippen LogP contribution in [0, 0.1) is 10.1 Å². The molecule has 7 nitrogen and oxygen atoms in total. The molecule has 0 fully saturated rings. The molecule has 2 aromatic rings. The molecule has 8 heteroatoms. The lowest BCUT2D eigenvalue weighted by atomic mass is 10.2. The topological polar surface area (TPSA) is 91.0 Å². The van der Waals surface area contributed by atoms with Crippen LogP contribution in [0.4, 0.5) is 5.69 Å². The molecule has 0 amide bonds. The number of nitro groups is 1. The third kappa shape index (κ3) is 4.11. The quantitative estimate of drug-likeness (QED) is 0.344. The van der Waals surface area contributed by atoms with Gasteiger partial charge in [-0.3, -0.25) is 10.1 Å². The molecule has 2 aromatic carbocycles. The summed E-state index contributed by atoms with van der Waals surface area (Å²) in [5.74, 6) is -0.496. The van der Waals surface area contributed by atoms with Crippen molar-refractivity contribution in [3.8, 4) is 0 Å². The van der Waals surface area contributed by atoms with Gasteiger partial charge in [0.25, 0.3) is 5.69 Å². The SMILES string of the molecule is CO/N=C/c1ccc(Sc2ccccc2C(=O)OC)c([N+](=O)[O-])c1. The highest BCUT2D eigenvalue weighted by molar-refractivity contribution is 7.99. The molecule has 0 saturated heterocycles. The van der Waals surface area contributed by atoms with Crippen molar-refractivity contribution >= 4 is 29.6 Å². The number of methoxy groups -OCH3 is 1. The average molecular weight is 346 g/mol. The molecule has 0 bridgehead atoms. The van der Waals surface area contributed by atoms with Crippen molar-refractivity contribution in [3.63, 3.8) is 0 Å². The lowest BCUT2D eigenvalue weighted by molar-refractivity contribution is -0.387. The van der Waals surface area contributed by atoms with Crippen LogP contribution in [0.3, 0.4) is 0 Å². The molecular formula is C16H14N2O5S. The Morgan fingerprint density at radius 2 is 1.96 bits per heavy atom. The van der Waals surface area contributed by atoms with Crippen molar-refractivity contribution in [2.24, 2.45) is 5.16 Å². The van der Waals surface area contributed by atoms with Gasteiger partial charge in [-0.25, -0.2) is 4.79 Å². The number of hydrogen-bond acceptors (Lipinski definition) is 7. The Kier molecular flexibility index (Phi) is 5.91. The number of carbonyl (C=O) groups excluding carboxylic acids is 1. The molecule has 124 valence electrons. The maximum Gasteiger partial charge on any atom is 0.339 e. The molecule has 0 spiro atoms. The number of nitro benzene ring substituents is 1. The molecule has 0 saturated carbocycles. The number of nitrogens with zero attached hydrogens (tertiary/aromatic N) is 2. The summed E-state index contributed by atoms with van der Waals surface area (Å²) in [5, 5.41) is 14.9. The second kappa shape index (κ2) is 8.11. The number of carbonyl (C=O) groups is 1. The summed E-state index contributed by atoms with van der Waals surface area (Å²) >= 11 is 1.13. The summed E-state index contributed by atoms with van der Waals surface area (Å²) in [7, 11) is 2.68. The van der Waals surface area contributed by atoms with E-state index in [0.29, 0.717) is 20.9 Å². The fourth-order valence-electron chi connectivity index (χ4n) is 1.91. The van der Waals surface area contributed by atoms with Crippen LogP contribution in [0.25, 0.3) is 0 Å². The molecule has 0 atom stereocenters. The number of hydrogen-bond donors (Lipinski definition) is 0. The van der Waals surface area contributed by atoms with Gasteiger partial charge in [-0.05, 0) is 18.2 Å². The predicted octanol–water partition coefficient (Wildman–Crippen LogP) is 3.51. The first-order valence-corrected chi connectivity index (χ1v) is 7.58. The van der Waals surface area contributed by atoms with E-state index >= 15 is 0 Å². The van der Waals surface area contributed by atoms with Gasteiger partial charge in [0.15, 0.2) is 0 Å². The van der Waals surface area contributed by atoms with E-state index in [1.807, 2.05) is 0 Å². The van der Waals surface area contributed by atoms with Crippen molar-refractivity contribution in [3.05, 3.63) is 63.7 Å². The van der Waals surface area contributed by atoms with Gasteiger partial charge in [0.1, 0.15) is 7.11 Å². The van der Waals surface area contributed by atoms with E-state index in [1.54, 1.807) is 36.4 Å². The van der Waals surface area contributed by atoms with Crippen LogP contribution >= 0.6 is 11.8 Å². The summed E-state index contributed by atoms with van der Waals surface area (Å²) in [4.78, 5) is 28.2. The van der Waals surface area contributed by atoms with E-state index in [2.05, 4.69) is 9.99 Å². The largest absolute Gasteiger partial charge is 0.465 e. The minimum Gasteiger partial charge on any atom is -0.465 e. The van der Waals surface area contributed by atoms with Crippen LogP contribution < -0.4 is 0 Å². The molecule has 0 N–H and O–H groups in total. The van der Waals surface area contributed by atoms with Crippen LogP contribution in [0.5, 0.6) is 0 Å². The smallest absolute Gasteiger partial charge is 0.339 e. The van der Waals surface area contributed by atoms with Gasteiger partial charge < -0.3 is 9.57 Å². The van der Waals surface area contributed by atoms with Crippen LogP contribution in [0.15, 0.2) is 57.4 Å². The van der Waals surface area contributed by atoms with Gasteiger partial charge in [-0.2, -0.15) is 0 Å². The Morgan fingerprint density at radius 3 is 2.62 bits per heavy atom. The molecule has 2 rings (SSSR count). The standard InChI is InChI=1S/C16H14N2O5S/c1-22-16(19)12-5-3-4-6-14(12)24-15-8-7-11(10-17-23-2)9-13(15)18(20)21/h3-10H,1-2H3/b17-10+. The van der Waals surface area contributed by atoms with Gasteiger partial charge >= 0.3 is 5.97 Å². The summed E-state index contributed by atoms with van der Waals surface area (Å²) < 4.78 is 4.74. The highest BCUT2D eigenvalue weighted by Gasteiger charge is 2.19. The minimum atomic E-state index is -0.496. The first-order chi connectivity index (χ1) is 11.6. The van der Waals surface area contributed by atoms with Crippen molar-refractivity contribution in [2.75, 3.05) is 14.2 Å². The summed E-state index contributed by atoms with van der Waals surface area (Å²) in [5.41, 5.74) is 0.804. The zero-order chi connectivity index (χ0) is 17.5. The van der Waals surface area contributed by atoms with Crippen molar-refractivity contribution in [1.82, 2.24) is 0 Å². The summed E-state index contributed by atoms with van der Waals surface area (Å²) in [6, 6.07) is 11.5. The van der Waals surface area contributed by atoms with Crippen molar-refractivity contribution in [1.29, 1.82) is 0 Å². The number of ether oxygens (including phenoxy) is 1. The van der Waals surface area contributed by atoms with Crippen molar-refractivity contribution < 1.29 is 19.3 Å². The van der Waals surface area contributed by atoms with E-state index in [9.17, 15) is 14.9 Å². The normalized spacial score (nSPS) is 10.6. The van der Waals surface area contributed by atoms with E-state index in [4.69, 9.17) is 4.74 Å². The Bertz CT molecular complexity index is 792. The maximum absolute atomic E-state index is 11.8. The Balaban J connectivity index is 2.41. The summed E-state index contributed by atoms with van der Waals surface area (Å²) in [6.45, 7) is 0. The van der Waals surface area contributed by atoms with Crippen LogP contribution in [0.2, 0.25) is 0 Å². The lowest BCUT2D eigenvalue weighted by Crippen LogP contribution is -2.03. The zero-order valence-corrected chi connectivity index (χ0v) is 13.8. The molecule has 0 aliphatic rings. The van der Waals surface area contributed by atoms with Gasteiger partial charge in [0, 0.05) is 16.5 Å². The van der Waals surface area contributed by atoms with Crippen molar-refractivity contribution in [2.45, 2.75) is 9.79 Å². The Hall–Kier alpha value is -2.87. The van der Waals surface area contributed by atoms with Crippen LogP contribution in [0.1, 0.15) is 15.9 Å². The van der Waals surface area contributed by atoms with E-state index in [-0.39, 0.29) is 5.69 Å². The second-order valence-corrected chi connectivity index (χ2v) is 5.57. The zero-order valence-electron chi connectivity index (χ0n) is 13.0. The first kappa shape index (κ1) is 17.5. The fourth-order valence-corrected chi connectivity index (χ4v) is 2.93. The molecular weight excluding hydrogens is 332 g/mol. The number of benzene rings is 2. The van der Waals surface area contributed by atoms with E-state index < -0.39 is 10.9 Å². The highest BCUT2D eigenvalue weighted by atomic mass is 32.2. The van der Waals surface area contributed by atoms with E-state index in [0.717, 1.165) is 11.8 Å². The monoisotopic (exact) mass is 346 g/mol. The van der Waals surface area contributed by atoms with Crippen LogP contribution in [-0.2, 0) is 9.57 Å². The number of rotatable bonds is 6. The van der Waals surface area contributed by atoms with Gasteiger partial charge in [0.05, 0.1) is 28.7 Å². The summed E-state index contributed by atoms with van der Waals surface area (Å²) in [6.07, 6.45) is 1.38. The van der Waals surface area contributed by atoms with Gasteiger partial charge in [0.2, 0.25) is 0 Å². The highest BCUT2D eigenvalue weighted by Crippen LogP contribution is 2.37. The van der Waals surface area contributed by atoms with Gasteiger partial charge in [-0.15, -0.1) is 0 Å². The molecule has 0 radical (unpaired) electrons. The third-order valence-electron chi connectivity index (χ3n) is 3.00. The fraction of sp³-hybridized carbons (Fsp3) is 0.125. The minimum absolute atomic E-state index is 0.0836. The van der Waals surface area contributed by atoms with E-state index in [1.165, 1.54) is 26.5 Å². The predicted molar refractivity (Wildman–Crippen MR) is 89.6 cm³/mol. The molecule has 0 aliphatic heterocycles. The van der Waals surface area contributed by atoms with Crippen LogP contribution in [-0.4, -0.2) is 31.3 Å².